The van der Waals surface area contributed by atoms with Gasteiger partial charge in [-0.25, -0.2) is 4.39 Å². The highest BCUT2D eigenvalue weighted by Crippen LogP contribution is 2.26. The number of anilines is 1. The molecule has 0 radical (unpaired) electrons. The van der Waals surface area contributed by atoms with Gasteiger partial charge in [-0.15, -0.1) is 0 Å². The minimum atomic E-state index is -0.417. The van der Waals surface area contributed by atoms with Crippen molar-refractivity contribution in [3.63, 3.8) is 0 Å². The Labute approximate surface area is 113 Å². The molecule has 0 bridgehead atoms. The van der Waals surface area contributed by atoms with Gasteiger partial charge < -0.3 is 11.1 Å². The summed E-state index contributed by atoms with van der Waals surface area (Å²) in [5.41, 5.74) is 6.41. The van der Waals surface area contributed by atoms with Gasteiger partial charge in [0.2, 0.25) is 5.91 Å². The summed E-state index contributed by atoms with van der Waals surface area (Å²) in [4.78, 5) is 11.9. The molecule has 1 amide bonds. The summed E-state index contributed by atoms with van der Waals surface area (Å²) in [6.45, 7) is 0.299. The standard InChI is InChI=1S/C15H21FN2O/c16-13-8-12(10-17)6-7-14(13)18-15(19)9-11-4-2-1-3-5-11/h6-8,11H,1-5,9-10,17H2,(H,18,19). The lowest BCUT2D eigenvalue weighted by atomic mass is 9.87. The van der Waals surface area contributed by atoms with Crippen molar-refractivity contribution >= 4 is 11.6 Å². The van der Waals surface area contributed by atoms with Gasteiger partial charge >= 0.3 is 0 Å². The van der Waals surface area contributed by atoms with Crippen molar-refractivity contribution in [2.75, 3.05) is 5.32 Å². The maximum atomic E-state index is 13.7. The molecule has 1 saturated carbocycles. The fourth-order valence-electron chi connectivity index (χ4n) is 2.64. The first-order valence-corrected chi connectivity index (χ1v) is 6.97. The molecule has 0 unspecified atom stereocenters. The van der Waals surface area contributed by atoms with Crippen molar-refractivity contribution in [2.45, 2.75) is 45.1 Å². The minimum absolute atomic E-state index is 0.0914. The third-order valence-corrected chi connectivity index (χ3v) is 3.74. The molecule has 2 rings (SSSR count). The highest BCUT2D eigenvalue weighted by Gasteiger charge is 2.17. The summed E-state index contributed by atoms with van der Waals surface area (Å²) in [6, 6.07) is 4.69. The Morgan fingerprint density at radius 2 is 2.05 bits per heavy atom. The maximum absolute atomic E-state index is 13.7. The zero-order chi connectivity index (χ0) is 13.7. The van der Waals surface area contributed by atoms with E-state index >= 15 is 0 Å². The Morgan fingerprint density at radius 1 is 1.32 bits per heavy atom. The number of carbonyl (C=O) groups excluding carboxylic acids is 1. The summed E-state index contributed by atoms with van der Waals surface area (Å²) >= 11 is 0. The van der Waals surface area contributed by atoms with Crippen molar-refractivity contribution < 1.29 is 9.18 Å². The number of nitrogens with one attached hydrogen (secondary N) is 1. The summed E-state index contributed by atoms with van der Waals surface area (Å²) in [5.74, 6) is -0.0497. The Hall–Kier alpha value is -1.42. The van der Waals surface area contributed by atoms with Gasteiger partial charge in [-0.05, 0) is 36.5 Å². The summed E-state index contributed by atoms with van der Waals surface area (Å²) in [5, 5.41) is 2.65. The number of benzene rings is 1. The zero-order valence-electron chi connectivity index (χ0n) is 11.1. The van der Waals surface area contributed by atoms with Crippen LogP contribution in [0.4, 0.5) is 10.1 Å². The molecule has 0 spiro atoms. The van der Waals surface area contributed by atoms with E-state index in [2.05, 4.69) is 5.32 Å². The zero-order valence-corrected chi connectivity index (χ0v) is 11.1. The number of hydrogen-bond donors (Lipinski definition) is 2. The molecule has 19 heavy (non-hydrogen) atoms. The van der Waals surface area contributed by atoms with E-state index in [-0.39, 0.29) is 11.6 Å². The fraction of sp³-hybridized carbons (Fsp3) is 0.533. The molecule has 0 aliphatic heterocycles. The summed E-state index contributed by atoms with van der Waals surface area (Å²) in [7, 11) is 0. The number of amides is 1. The number of carbonyl (C=O) groups is 1. The summed E-state index contributed by atoms with van der Waals surface area (Å²) < 4.78 is 13.7. The van der Waals surface area contributed by atoms with E-state index in [9.17, 15) is 9.18 Å². The van der Waals surface area contributed by atoms with Crippen LogP contribution in [0.15, 0.2) is 18.2 Å². The van der Waals surface area contributed by atoms with Crippen LogP contribution in [0.25, 0.3) is 0 Å². The predicted octanol–water partition coefficient (Wildman–Crippen LogP) is 3.19. The summed E-state index contributed by atoms with van der Waals surface area (Å²) in [6.07, 6.45) is 6.41. The van der Waals surface area contributed by atoms with E-state index in [1.54, 1.807) is 12.1 Å². The normalized spacial score (nSPS) is 16.3. The van der Waals surface area contributed by atoms with E-state index in [0.29, 0.717) is 18.9 Å². The second kappa shape index (κ2) is 6.66. The average Bonchev–Trinajstić information content (AvgIpc) is 2.42. The lowest BCUT2D eigenvalue weighted by Gasteiger charge is -2.20. The first-order chi connectivity index (χ1) is 9.19. The first-order valence-electron chi connectivity index (χ1n) is 6.97. The van der Waals surface area contributed by atoms with Crippen molar-refractivity contribution in [1.82, 2.24) is 0 Å². The molecule has 0 heterocycles. The van der Waals surface area contributed by atoms with Crippen LogP contribution in [-0.2, 0) is 11.3 Å². The van der Waals surface area contributed by atoms with E-state index < -0.39 is 5.82 Å². The van der Waals surface area contributed by atoms with Gasteiger partial charge in [-0.1, -0.05) is 25.3 Å². The van der Waals surface area contributed by atoms with E-state index in [1.165, 1.54) is 25.3 Å². The van der Waals surface area contributed by atoms with Crippen LogP contribution >= 0.6 is 0 Å². The molecule has 0 atom stereocenters. The highest BCUT2D eigenvalue weighted by atomic mass is 19.1. The molecule has 3 N–H and O–H groups in total. The number of hydrogen-bond acceptors (Lipinski definition) is 2. The molecule has 1 aromatic rings. The molecular weight excluding hydrogens is 243 g/mol. The van der Waals surface area contributed by atoms with Gasteiger partial charge in [-0.2, -0.15) is 0 Å². The van der Waals surface area contributed by atoms with Crippen LogP contribution in [0.5, 0.6) is 0 Å². The molecule has 1 fully saturated rings. The van der Waals surface area contributed by atoms with Crippen LogP contribution < -0.4 is 11.1 Å². The van der Waals surface area contributed by atoms with Gasteiger partial charge in [0.1, 0.15) is 5.82 Å². The second-order valence-corrected chi connectivity index (χ2v) is 5.27. The van der Waals surface area contributed by atoms with Crippen LogP contribution in [0, 0.1) is 11.7 Å². The Balaban J connectivity index is 1.91. The van der Waals surface area contributed by atoms with Crippen molar-refractivity contribution in [3.8, 4) is 0 Å². The van der Waals surface area contributed by atoms with E-state index in [1.807, 2.05) is 0 Å². The third-order valence-electron chi connectivity index (χ3n) is 3.74. The molecule has 1 aliphatic carbocycles. The van der Waals surface area contributed by atoms with Crippen LogP contribution in [0.2, 0.25) is 0 Å². The maximum Gasteiger partial charge on any atom is 0.224 e. The molecule has 4 heteroatoms. The molecule has 1 aliphatic rings. The number of halogens is 1. The third kappa shape index (κ3) is 4.03. The van der Waals surface area contributed by atoms with Gasteiger partial charge in [0.25, 0.3) is 0 Å². The molecule has 1 aromatic carbocycles. The lowest BCUT2D eigenvalue weighted by molar-refractivity contribution is -0.117. The van der Waals surface area contributed by atoms with E-state index in [0.717, 1.165) is 18.4 Å². The molecule has 0 saturated heterocycles. The quantitative estimate of drug-likeness (QED) is 0.877. The van der Waals surface area contributed by atoms with Crippen LogP contribution in [-0.4, -0.2) is 5.91 Å². The lowest BCUT2D eigenvalue weighted by Crippen LogP contribution is -2.19. The molecular formula is C15H21FN2O. The topological polar surface area (TPSA) is 55.1 Å². The van der Waals surface area contributed by atoms with Crippen molar-refractivity contribution in [2.24, 2.45) is 11.7 Å². The van der Waals surface area contributed by atoms with Gasteiger partial charge in [0, 0.05) is 13.0 Å². The largest absolute Gasteiger partial charge is 0.326 e. The van der Waals surface area contributed by atoms with Crippen molar-refractivity contribution in [3.05, 3.63) is 29.6 Å². The fourth-order valence-corrected chi connectivity index (χ4v) is 2.64. The molecule has 3 nitrogen and oxygen atoms in total. The Morgan fingerprint density at radius 3 is 2.68 bits per heavy atom. The Bertz CT molecular complexity index is 442. The molecule has 104 valence electrons. The second-order valence-electron chi connectivity index (χ2n) is 5.27. The number of rotatable bonds is 4. The number of nitrogens with two attached hydrogens (primary N) is 1. The predicted molar refractivity (Wildman–Crippen MR) is 74.1 cm³/mol. The smallest absolute Gasteiger partial charge is 0.224 e. The van der Waals surface area contributed by atoms with Gasteiger partial charge in [0.15, 0.2) is 0 Å². The van der Waals surface area contributed by atoms with Crippen LogP contribution in [0.3, 0.4) is 0 Å². The first kappa shape index (κ1) is 14.0. The van der Waals surface area contributed by atoms with Crippen LogP contribution in [0.1, 0.15) is 44.1 Å². The minimum Gasteiger partial charge on any atom is -0.326 e. The van der Waals surface area contributed by atoms with Gasteiger partial charge in [0.05, 0.1) is 5.69 Å². The highest BCUT2D eigenvalue weighted by molar-refractivity contribution is 5.91. The monoisotopic (exact) mass is 264 g/mol. The average molecular weight is 264 g/mol. The van der Waals surface area contributed by atoms with E-state index in [4.69, 9.17) is 5.73 Å². The Kier molecular flexibility index (Phi) is 4.91. The molecule has 0 aromatic heterocycles. The van der Waals surface area contributed by atoms with Gasteiger partial charge in [-0.3, -0.25) is 4.79 Å². The van der Waals surface area contributed by atoms with Crippen molar-refractivity contribution in [1.29, 1.82) is 0 Å². The SMILES string of the molecule is NCc1ccc(NC(=O)CC2CCCCC2)c(F)c1.